The fraction of sp³-hybridized carbons (Fsp3) is 0.455. The van der Waals surface area contributed by atoms with Crippen molar-refractivity contribution >= 4 is 39.2 Å². The van der Waals surface area contributed by atoms with E-state index >= 15 is 0 Å². The first kappa shape index (κ1) is 37.3. The maximum Gasteiger partial charge on any atom is 1.00 e. The Labute approximate surface area is 258 Å². The van der Waals surface area contributed by atoms with E-state index in [9.17, 15) is 16.8 Å². The summed E-state index contributed by atoms with van der Waals surface area (Å²) in [4.78, 5) is 0. The van der Waals surface area contributed by atoms with Gasteiger partial charge in [-0.05, 0) is 42.4 Å². The first-order valence-electron chi connectivity index (χ1n) is 10.5. The third-order valence-electron chi connectivity index (χ3n) is 5.05. The maximum absolute atomic E-state index is 11.7. The van der Waals surface area contributed by atoms with E-state index < -0.39 is 30.7 Å². The Morgan fingerprint density at radius 1 is 0.735 bits per heavy atom. The van der Waals surface area contributed by atoms with Crippen LogP contribution in [0.15, 0.2) is 54.6 Å². The Balaban J connectivity index is -0.000000262. The summed E-state index contributed by atoms with van der Waals surface area (Å²) in [6.07, 6.45) is 4.37. The van der Waals surface area contributed by atoms with Crippen LogP contribution in [0.5, 0.6) is 0 Å². The van der Waals surface area contributed by atoms with Crippen LogP contribution >= 0.6 is 18.9 Å². The van der Waals surface area contributed by atoms with Crippen molar-refractivity contribution in [3.8, 4) is 0 Å². The number of hydrogen-bond donors (Lipinski definition) is 0. The summed E-state index contributed by atoms with van der Waals surface area (Å²) in [6.45, 7) is 5.82. The summed E-state index contributed by atoms with van der Waals surface area (Å²) in [5.74, 6) is 0. The smallest absolute Gasteiger partial charge is 1.00 e. The van der Waals surface area contributed by atoms with Crippen LogP contribution in [0.1, 0.15) is 76.5 Å². The minimum atomic E-state index is -3.53. The van der Waals surface area contributed by atoms with E-state index in [1.54, 1.807) is 21.6 Å². The first-order chi connectivity index (χ1) is 15.2. The molecule has 0 aliphatic heterocycles. The molecule has 0 aromatic heterocycles. The van der Waals surface area contributed by atoms with Crippen LogP contribution in [-0.4, -0.2) is 16.8 Å². The molecule has 0 spiro atoms. The molecule has 0 N–H and O–H groups in total. The Hall–Kier alpha value is 1.12. The average Bonchev–Trinajstić information content (AvgIpc) is 2.80. The fourth-order valence-corrected chi connectivity index (χ4v) is 6.17. The molecule has 0 saturated heterocycles. The topological polar surface area (TPSA) is 86.7 Å². The van der Waals surface area contributed by atoms with Crippen molar-refractivity contribution in [2.24, 2.45) is 0 Å². The molecule has 2 aromatic rings. The van der Waals surface area contributed by atoms with Crippen molar-refractivity contribution in [2.75, 3.05) is 0 Å². The van der Waals surface area contributed by atoms with Crippen LogP contribution < -0.4 is 59.1 Å². The van der Waals surface area contributed by atoms with Crippen LogP contribution in [-0.2, 0) is 34.6 Å². The first-order valence-corrected chi connectivity index (χ1v) is 14.4. The van der Waals surface area contributed by atoms with Gasteiger partial charge in [-0.25, -0.2) is 0 Å². The normalized spacial score (nSPS) is 12.9. The van der Waals surface area contributed by atoms with Crippen LogP contribution in [0.4, 0.5) is 0 Å². The average molecular weight is 569 g/mol. The Bertz CT molecular complexity index is 1020. The van der Waals surface area contributed by atoms with Gasteiger partial charge >= 0.3 is 59.1 Å². The largest absolute Gasteiger partial charge is 1.00 e. The predicted molar refractivity (Wildman–Crippen MR) is 139 cm³/mol. The molecule has 0 aliphatic carbocycles. The summed E-state index contributed by atoms with van der Waals surface area (Å²) in [6, 6.07) is 16.8. The number of aryl methyl sites for hydroxylation is 1. The molecule has 4 atom stereocenters. The van der Waals surface area contributed by atoms with E-state index in [1.807, 2.05) is 65.8 Å². The zero-order valence-corrected chi connectivity index (χ0v) is 28.7. The Morgan fingerprint density at radius 2 is 1.15 bits per heavy atom. The quantitative estimate of drug-likeness (QED) is 0.283. The van der Waals surface area contributed by atoms with Crippen molar-refractivity contribution < 1.29 is 86.7 Å². The Kier molecular flexibility index (Phi) is 21.1. The van der Waals surface area contributed by atoms with Crippen molar-refractivity contribution in [1.29, 1.82) is 0 Å². The van der Waals surface area contributed by atoms with Crippen LogP contribution in [0.2, 0.25) is 0 Å². The molecule has 0 amide bonds. The second kappa shape index (κ2) is 19.2. The monoisotopic (exact) mass is 568 g/mol. The van der Waals surface area contributed by atoms with E-state index in [0.717, 1.165) is 30.4 Å². The van der Waals surface area contributed by atoms with Crippen molar-refractivity contribution in [1.82, 2.24) is 0 Å². The number of benzene rings is 2. The van der Waals surface area contributed by atoms with Gasteiger partial charge in [0.25, 0.3) is 20.2 Å². The van der Waals surface area contributed by atoms with E-state index in [2.05, 4.69) is 14.9 Å². The second-order valence-corrected chi connectivity index (χ2v) is 11.9. The molecule has 34 heavy (non-hydrogen) atoms. The molecule has 6 nitrogen and oxygen atoms in total. The SMILES string of the molecule is CCC(c1ccccc1)S(=O)(=O)OP.CCCCc1ccc(C(CC)S(=O)(=O)OP)cc1.[H-].[H-].[Na+].[Na+]. The van der Waals surface area contributed by atoms with E-state index in [-0.39, 0.29) is 62.0 Å². The van der Waals surface area contributed by atoms with Crippen LogP contribution in [0.3, 0.4) is 0 Å². The fourth-order valence-electron chi connectivity index (χ4n) is 3.29. The summed E-state index contributed by atoms with van der Waals surface area (Å²) < 4.78 is 55.4. The standard InChI is InChI=1S/C13H21O3PS.C9H13O3PS.2Na.2H/c1-3-5-6-11-7-9-12(10-8-11)13(4-2)18(14,15)16-17;1-2-9(14(10,11)12-13)8-6-4-3-5-7-8;;;;/h7-10,13H,3-6,17H2,1-2H3;3-7,9H,2,13H2,1H3;;;;/q;;2*+1;2*-1. The van der Waals surface area contributed by atoms with E-state index in [4.69, 9.17) is 0 Å². The minimum absolute atomic E-state index is 0. The van der Waals surface area contributed by atoms with Crippen molar-refractivity contribution in [3.05, 3.63) is 71.3 Å². The van der Waals surface area contributed by atoms with E-state index in [0.29, 0.717) is 12.8 Å². The molecular formula is C22H36Na2O6P2S2. The third kappa shape index (κ3) is 12.1. The molecule has 2 rings (SSSR count). The molecule has 2 aromatic carbocycles. The second-order valence-electron chi connectivity index (χ2n) is 7.23. The summed E-state index contributed by atoms with van der Waals surface area (Å²) in [7, 11) is -3.43. The summed E-state index contributed by atoms with van der Waals surface area (Å²) >= 11 is 0. The molecule has 0 bridgehead atoms. The van der Waals surface area contributed by atoms with Gasteiger partial charge in [0.05, 0.1) is 0 Å². The molecule has 184 valence electrons. The number of rotatable bonds is 11. The predicted octanol–water partition coefficient (Wildman–Crippen LogP) is 0.124. The van der Waals surface area contributed by atoms with Gasteiger partial charge in [-0.1, -0.05) is 81.8 Å². The van der Waals surface area contributed by atoms with Crippen LogP contribution in [0.25, 0.3) is 0 Å². The Morgan fingerprint density at radius 3 is 1.50 bits per heavy atom. The summed E-state index contributed by atoms with van der Waals surface area (Å²) in [5.41, 5.74) is 2.80. The van der Waals surface area contributed by atoms with Gasteiger partial charge in [0.15, 0.2) is 0 Å². The maximum atomic E-state index is 11.7. The minimum Gasteiger partial charge on any atom is -1.00 e. The molecule has 0 fully saturated rings. The van der Waals surface area contributed by atoms with Gasteiger partial charge in [0.1, 0.15) is 10.5 Å². The van der Waals surface area contributed by atoms with Gasteiger partial charge in [-0.2, -0.15) is 16.8 Å². The molecular weight excluding hydrogens is 532 g/mol. The molecule has 12 heteroatoms. The third-order valence-corrected chi connectivity index (χ3v) is 9.80. The zero-order valence-electron chi connectivity index (χ0n) is 22.8. The van der Waals surface area contributed by atoms with E-state index in [1.165, 1.54) is 5.56 Å². The van der Waals surface area contributed by atoms with Gasteiger partial charge < -0.3 is 2.85 Å². The molecule has 0 saturated carbocycles. The zero-order chi connectivity index (χ0) is 24.2. The molecule has 0 aliphatic rings. The molecule has 4 unspecified atom stereocenters. The number of unbranched alkanes of at least 4 members (excludes halogenated alkanes) is 1. The van der Waals surface area contributed by atoms with Gasteiger partial charge in [-0.15, -0.1) is 0 Å². The van der Waals surface area contributed by atoms with Crippen molar-refractivity contribution in [3.63, 3.8) is 0 Å². The number of hydrogen-bond acceptors (Lipinski definition) is 6. The summed E-state index contributed by atoms with van der Waals surface area (Å²) in [5, 5.41) is -1.17. The van der Waals surface area contributed by atoms with Gasteiger partial charge in [0.2, 0.25) is 0 Å². The molecule has 0 heterocycles. The van der Waals surface area contributed by atoms with Gasteiger partial charge in [0, 0.05) is 18.9 Å². The van der Waals surface area contributed by atoms with Crippen molar-refractivity contribution in [2.45, 2.75) is 63.4 Å². The van der Waals surface area contributed by atoms with Gasteiger partial charge in [-0.3, -0.25) is 7.94 Å². The van der Waals surface area contributed by atoms with Crippen LogP contribution in [0, 0.1) is 0 Å². The molecule has 0 radical (unpaired) electrons.